The predicted molar refractivity (Wildman–Crippen MR) is 105 cm³/mol. The standard InChI is InChI=1S/C20H22N4OS/c25-17(22-12-14-6-2-1-3-7-14)10-11-21-19-18-15-8-4-5-9-16(15)26-20(18)24-13-23-19/h1-3,6-7,13H,4-5,8-12H2,(H,22,25)(H,21,23,24). The zero-order chi connectivity index (χ0) is 17.8. The molecule has 26 heavy (non-hydrogen) atoms. The number of aryl methyl sites for hydroxylation is 2. The topological polar surface area (TPSA) is 66.9 Å². The molecule has 1 aliphatic carbocycles. The molecule has 0 spiro atoms. The van der Waals surface area contributed by atoms with Crippen molar-refractivity contribution in [3.05, 3.63) is 52.7 Å². The summed E-state index contributed by atoms with van der Waals surface area (Å²) in [7, 11) is 0. The average Bonchev–Trinajstić information content (AvgIpc) is 3.07. The molecule has 1 aromatic carbocycles. The smallest absolute Gasteiger partial charge is 0.222 e. The van der Waals surface area contributed by atoms with Crippen LogP contribution in [0.4, 0.5) is 5.82 Å². The van der Waals surface area contributed by atoms with Gasteiger partial charge in [-0.1, -0.05) is 30.3 Å². The molecule has 0 radical (unpaired) electrons. The first kappa shape index (κ1) is 17.0. The highest BCUT2D eigenvalue weighted by Crippen LogP contribution is 2.37. The lowest BCUT2D eigenvalue weighted by Gasteiger charge is -2.12. The predicted octanol–water partition coefficient (Wildman–Crippen LogP) is 3.69. The van der Waals surface area contributed by atoms with Gasteiger partial charge < -0.3 is 10.6 Å². The summed E-state index contributed by atoms with van der Waals surface area (Å²) in [5.74, 6) is 0.907. The second kappa shape index (κ2) is 7.83. The molecular formula is C20H22N4OS. The summed E-state index contributed by atoms with van der Waals surface area (Å²) < 4.78 is 0. The van der Waals surface area contributed by atoms with Gasteiger partial charge in [-0.3, -0.25) is 4.79 Å². The largest absolute Gasteiger partial charge is 0.369 e. The van der Waals surface area contributed by atoms with E-state index in [4.69, 9.17) is 0 Å². The molecule has 5 nitrogen and oxygen atoms in total. The van der Waals surface area contributed by atoms with Gasteiger partial charge in [0.25, 0.3) is 0 Å². The number of nitrogens with one attached hydrogen (secondary N) is 2. The van der Waals surface area contributed by atoms with E-state index in [9.17, 15) is 4.79 Å². The lowest BCUT2D eigenvalue weighted by atomic mass is 9.97. The number of thiophene rings is 1. The van der Waals surface area contributed by atoms with Crippen LogP contribution in [0.3, 0.4) is 0 Å². The zero-order valence-electron chi connectivity index (χ0n) is 14.6. The van der Waals surface area contributed by atoms with Gasteiger partial charge in [-0.25, -0.2) is 9.97 Å². The van der Waals surface area contributed by atoms with Crippen molar-refractivity contribution in [3.63, 3.8) is 0 Å². The lowest BCUT2D eigenvalue weighted by Crippen LogP contribution is -2.25. The Morgan fingerprint density at radius 1 is 1.12 bits per heavy atom. The Morgan fingerprint density at radius 3 is 2.85 bits per heavy atom. The molecule has 134 valence electrons. The molecule has 0 aliphatic heterocycles. The first-order valence-electron chi connectivity index (χ1n) is 9.11. The number of fused-ring (bicyclic) bond motifs is 3. The molecule has 0 bridgehead atoms. The quantitative estimate of drug-likeness (QED) is 0.698. The van der Waals surface area contributed by atoms with Crippen LogP contribution in [-0.4, -0.2) is 22.4 Å². The van der Waals surface area contributed by atoms with Crippen molar-refractivity contribution in [2.45, 2.75) is 38.6 Å². The third kappa shape index (κ3) is 3.70. The molecule has 1 amide bonds. The van der Waals surface area contributed by atoms with Crippen LogP contribution in [-0.2, 0) is 24.2 Å². The minimum absolute atomic E-state index is 0.0407. The van der Waals surface area contributed by atoms with Crippen LogP contribution in [0.2, 0.25) is 0 Å². The number of hydrogen-bond donors (Lipinski definition) is 2. The van der Waals surface area contributed by atoms with Crippen molar-refractivity contribution in [1.29, 1.82) is 0 Å². The molecule has 2 aromatic heterocycles. The summed E-state index contributed by atoms with van der Waals surface area (Å²) in [6.45, 7) is 1.13. The number of nitrogens with zero attached hydrogens (tertiary/aromatic N) is 2. The van der Waals surface area contributed by atoms with Crippen LogP contribution >= 0.6 is 11.3 Å². The first-order valence-corrected chi connectivity index (χ1v) is 9.92. The van der Waals surface area contributed by atoms with E-state index in [-0.39, 0.29) is 5.91 Å². The molecule has 0 fully saturated rings. The summed E-state index contributed by atoms with van der Waals surface area (Å²) >= 11 is 1.79. The highest BCUT2D eigenvalue weighted by atomic mass is 32.1. The number of anilines is 1. The number of carbonyl (C=O) groups is 1. The normalized spacial score (nSPS) is 13.4. The van der Waals surface area contributed by atoms with Crippen LogP contribution in [0.15, 0.2) is 36.7 Å². The van der Waals surface area contributed by atoms with Gasteiger partial charge in [-0.15, -0.1) is 11.3 Å². The molecule has 2 N–H and O–H groups in total. The number of rotatable bonds is 6. The summed E-state index contributed by atoms with van der Waals surface area (Å²) in [5, 5.41) is 7.47. The van der Waals surface area contributed by atoms with Crippen LogP contribution in [0.5, 0.6) is 0 Å². The van der Waals surface area contributed by atoms with E-state index >= 15 is 0 Å². The van der Waals surface area contributed by atoms with Gasteiger partial charge in [0.15, 0.2) is 0 Å². The summed E-state index contributed by atoms with van der Waals surface area (Å²) in [6.07, 6.45) is 6.78. The zero-order valence-corrected chi connectivity index (χ0v) is 15.4. The first-order chi connectivity index (χ1) is 12.8. The van der Waals surface area contributed by atoms with Crippen molar-refractivity contribution >= 4 is 33.3 Å². The molecule has 0 saturated heterocycles. The van der Waals surface area contributed by atoms with Gasteiger partial charge >= 0.3 is 0 Å². The Morgan fingerprint density at radius 2 is 1.96 bits per heavy atom. The van der Waals surface area contributed by atoms with Gasteiger partial charge in [0.2, 0.25) is 5.91 Å². The minimum Gasteiger partial charge on any atom is -0.369 e. The van der Waals surface area contributed by atoms with Gasteiger partial charge in [0, 0.05) is 24.4 Å². The van der Waals surface area contributed by atoms with Crippen LogP contribution < -0.4 is 10.6 Å². The second-order valence-electron chi connectivity index (χ2n) is 6.55. The fraction of sp³-hybridized carbons (Fsp3) is 0.350. The van der Waals surface area contributed by atoms with Gasteiger partial charge in [0.1, 0.15) is 17.0 Å². The third-order valence-electron chi connectivity index (χ3n) is 4.73. The van der Waals surface area contributed by atoms with Crippen molar-refractivity contribution in [1.82, 2.24) is 15.3 Å². The van der Waals surface area contributed by atoms with E-state index < -0.39 is 0 Å². The van der Waals surface area contributed by atoms with E-state index in [0.29, 0.717) is 19.5 Å². The van der Waals surface area contributed by atoms with E-state index in [1.807, 2.05) is 30.3 Å². The van der Waals surface area contributed by atoms with Crippen LogP contribution in [0.25, 0.3) is 10.2 Å². The number of amides is 1. The Hall–Kier alpha value is -2.47. The third-order valence-corrected chi connectivity index (χ3v) is 5.93. The van der Waals surface area contributed by atoms with E-state index in [2.05, 4.69) is 20.6 Å². The van der Waals surface area contributed by atoms with Gasteiger partial charge in [0.05, 0.1) is 5.39 Å². The number of aromatic nitrogens is 2. The molecule has 0 unspecified atom stereocenters. The molecule has 4 rings (SSSR count). The monoisotopic (exact) mass is 366 g/mol. The maximum absolute atomic E-state index is 12.1. The van der Waals surface area contributed by atoms with E-state index in [0.717, 1.165) is 34.4 Å². The second-order valence-corrected chi connectivity index (χ2v) is 7.64. The van der Waals surface area contributed by atoms with Crippen LogP contribution in [0.1, 0.15) is 35.3 Å². The number of carbonyl (C=O) groups excluding carboxylic acids is 1. The minimum atomic E-state index is 0.0407. The summed E-state index contributed by atoms with van der Waals surface area (Å²) in [6, 6.07) is 9.95. The molecule has 2 heterocycles. The highest BCUT2D eigenvalue weighted by molar-refractivity contribution is 7.19. The fourth-order valence-electron chi connectivity index (χ4n) is 3.40. The Labute approximate surface area is 156 Å². The fourth-order valence-corrected chi connectivity index (χ4v) is 4.63. The summed E-state index contributed by atoms with van der Waals surface area (Å²) in [5.41, 5.74) is 2.52. The SMILES string of the molecule is O=C(CCNc1ncnc2sc3c(c12)CCCC3)NCc1ccccc1. The maximum Gasteiger partial charge on any atom is 0.222 e. The van der Waals surface area contributed by atoms with Crippen molar-refractivity contribution in [2.75, 3.05) is 11.9 Å². The van der Waals surface area contributed by atoms with Crippen LogP contribution in [0, 0.1) is 0 Å². The highest BCUT2D eigenvalue weighted by Gasteiger charge is 2.19. The summed E-state index contributed by atoms with van der Waals surface area (Å²) in [4.78, 5) is 23.5. The number of benzene rings is 1. The van der Waals surface area contributed by atoms with Crippen molar-refractivity contribution < 1.29 is 4.79 Å². The maximum atomic E-state index is 12.1. The molecular weight excluding hydrogens is 344 g/mol. The van der Waals surface area contributed by atoms with Crippen molar-refractivity contribution in [3.8, 4) is 0 Å². The molecule has 3 aromatic rings. The molecule has 6 heteroatoms. The Bertz CT molecular complexity index is 907. The Balaban J connectivity index is 1.36. The molecule has 1 aliphatic rings. The van der Waals surface area contributed by atoms with Gasteiger partial charge in [-0.2, -0.15) is 0 Å². The van der Waals surface area contributed by atoms with Crippen molar-refractivity contribution in [2.24, 2.45) is 0 Å². The number of hydrogen-bond acceptors (Lipinski definition) is 5. The molecule has 0 saturated carbocycles. The van der Waals surface area contributed by atoms with E-state index in [1.165, 1.54) is 23.3 Å². The Kier molecular flexibility index (Phi) is 5.11. The van der Waals surface area contributed by atoms with Gasteiger partial charge in [-0.05, 0) is 36.8 Å². The molecule has 0 atom stereocenters. The lowest BCUT2D eigenvalue weighted by molar-refractivity contribution is -0.121. The van der Waals surface area contributed by atoms with E-state index in [1.54, 1.807) is 17.7 Å². The average molecular weight is 366 g/mol.